The first kappa shape index (κ1) is 14.2. The van der Waals surface area contributed by atoms with Crippen LogP contribution in [0.1, 0.15) is 5.56 Å². The average Bonchev–Trinajstić information content (AvgIpc) is 2.98. The summed E-state index contributed by atoms with van der Waals surface area (Å²) in [6.07, 6.45) is 1.80. The molecule has 0 spiro atoms. The topological polar surface area (TPSA) is 29.9 Å². The lowest BCUT2D eigenvalue weighted by Gasteiger charge is -2.03. The van der Waals surface area contributed by atoms with Crippen LogP contribution in [0.4, 0.5) is 0 Å². The van der Waals surface area contributed by atoms with Crippen LogP contribution in [-0.2, 0) is 7.05 Å². The van der Waals surface area contributed by atoms with Crippen molar-refractivity contribution in [2.24, 2.45) is 7.05 Å². The summed E-state index contributed by atoms with van der Waals surface area (Å²) < 4.78 is 8.24. The van der Waals surface area contributed by atoms with Crippen molar-refractivity contribution in [1.82, 2.24) is 5.10 Å². The molecule has 0 aliphatic carbocycles. The summed E-state index contributed by atoms with van der Waals surface area (Å²) in [5.41, 5.74) is 5.18. The van der Waals surface area contributed by atoms with Gasteiger partial charge in [0, 0.05) is 16.8 Å². The maximum absolute atomic E-state index is 6.34. The molecule has 5 rings (SSSR count). The highest BCUT2D eigenvalue weighted by Crippen LogP contribution is 2.38. The first-order valence-electron chi connectivity index (χ1n) is 8.39. The number of benzene rings is 3. The Morgan fingerprint density at radius 2 is 1.68 bits per heavy atom. The smallest absolute Gasteiger partial charge is 0.242 e. The third kappa shape index (κ3) is 2.06. The molecule has 0 aliphatic heterocycles. The average molecular weight is 325 g/mol. The van der Waals surface area contributed by atoms with Crippen LogP contribution in [0.5, 0.6) is 0 Å². The van der Waals surface area contributed by atoms with Crippen molar-refractivity contribution in [2.75, 3.05) is 0 Å². The van der Waals surface area contributed by atoms with E-state index in [-0.39, 0.29) is 0 Å². The van der Waals surface area contributed by atoms with Crippen LogP contribution >= 0.6 is 0 Å². The van der Waals surface area contributed by atoms with Gasteiger partial charge in [-0.15, -0.1) is 0 Å². The third-order valence-electron chi connectivity index (χ3n) is 4.90. The molecule has 120 valence electrons. The molecule has 0 fully saturated rings. The minimum absolute atomic E-state index is 0.923. The van der Waals surface area contributed by atoms with Crippen molar-refractivity contribution in [3.63, 3.8) is 0 Å². The Hall–Kier alpha value is -3.20. The number of fused-ring (bicyclic) bond motifs is 4. The maximum atomic E-state index is 6.34. The van der Waals surface area contributed by atoms with E-state index in [1.54, 1.807) is 6.20 Å². The van der Waals surface area contributed by atoms with Crippen molar-refractivity contribution in [3.05, 3.63) is 72.4 Å². The molecule has 3 heteroatoms. The van der Waals surface area contributed by atoms with Gasteiger partial charge in [0.1, 0.15) is 11.2 Å². The molecule has 0 radical (unpaired) electrons. The van der Waals surface area contributed by atoms with Gasteiger partial charge in [-0.3, -0.25) is 0 Å². The predicted octanol–water partition coefficient (Wildman–Crippen LogP) is 4.93. The molecule has 2 heterocycles. The first-order valence-corrected chi connectivity index (χ1v) is 8.39. The van der Waals surface area contributed by atoms with Crippen molar-refractivity contribution in [3.8, 4) is 11.3 Å². The first-order chi connectivity index (χ1) is 12.2. The minimum atomic E-state index is 0.923. The predicted molar refractivity (Wildman–Crippen MR) is 100 cm³/mol. The van der Waals surface area contributed by atoms with Crippen LogP contribution in [0.25, 0.3) is 44.0 Å². The number of hydrogen-bond donors (Lipinski definition) is 0. The van der Waals surface area contributed by atoms with Gasteiger partial charge in [-0.2, -0.15) is 0 Å². The molecule has 3 nitrogen and oxygen atoms in total. The number of aryl methyl sites for hydroxylation is 2. The molecule has 0 N–H and O–H groups in total. The number of rotatable bonds is 1. The van der Waals surface area contributed by atoms with Crippen LogP contribution in [0.3, 0.4) is 0 Å². The normalized spacial score (nSPS) is 11.6. The van der Waals surface area contributed by atoms with E-state index in [1.807, 2.05) is 17.8 Å². The highest BCUT2D eigenvalue weighted by molar-refractivity contribution is 6.13. The molecule has 25 heavy (non-hydrogen) atoms. The van der Waals surface area contributed by atoms with Gasteiger partial charge in [0.2, 0.25) is 5.69 Å². The van der Waals surface area contributed by atoms with E-state index < -0.39 is 0 Å². The maximum Gasteiger partial charge on any atom is 0.242 e. The Morgan fingerprint density at radius 3 is 2.48 bits per heavy atom. The zero-order valence-electron chi connectivity index (χ0n) is 14.2. The fourth-order valence-corrected chi connectivity index (χ4v) is 3.63. The van der Waals surface area contributed by atoms with E-state index in [0.717, 1.165) is 33.2 Å². The van der Waals surface area contributed by atoms with E-state index in [2.05, 4.69) is 66.6 Å². The van der Waals surface area contributed by atoms with E-state index in [9.17, 15) is 0 Å². The Labute approximate surface area is 145 Å². The van der Waals surface area contributed by atoms with Gasteiger partial charge >= 0.3 is 0 Å². The largest absolute Gasteiger partial charge is 0.455 e. The molecule has 0 saturated heterocycles. The third-order valence-corrected chi connectivity index (χ3v) is 4.90. The summed E-state index contributed by atoms with van der Waals surface area (Å²) in [5, 5.41) is 9.10. The molecule has 3 aromatic carbocycles. The van der Waals surface area contributed by atoms with Crippen LogP contribution < -0.4 is 4.68 Å². The van der Waals surface area contributed by atoms with Gasteiger partial charge in [-0.05, 0) is 46.6 Å². The number of furan rings is 1. The van der Waals surface area contributed by atoms with Crippen molar-refractivity contribution in [2.45, 2.75) is 6.92 Å². The molecular weight excluding hydrogens is 308 g/mol. The Morgan fingerprint density at radius 1 is 0.880 bits per heavy atom. The molecule has 2 aromatic heterocycles. The summed E-state index contributed by atoms with van der Waals surface area (Å²) in [6.45, 7) is 2.12. The summed E-state index contributed by atoms with van der Waals surface area (Å²) in [4.78, 5) is 0. The van der Waals surface area contributed by atoms with Gasteiger partial charge in [0.05, 0.1) is 11.8 Å². The van der Waals surface area contributed by atoms with E-state index in [4.69, 9.17) is 4.42 Å². The molecule has 0 unspecified atom stereocenters. The van der Waals surface area contributed by atoms with Gasteiger partial charge in [0.25, 0.3) is 0 Å². The monoisotopic (exact) mass is 325 g/mol. The van der Waals surface area contributed by atoms with Gasteiger partial charge in [-0.1, -0.05) is 41.1 Å². The lowest BCUT2D eigenvalue weighted by Crippen LogP contribution is -2.35. The summed E-state index contributed by atoms with van der Waals surface area (Å²) in [6, 6.07) is 21.1. The number of hydrogen-bond acceptors (Lipinski definition) is 2. The number of nitrogens with zero attached hydrogens (tertiary/aromatic N) is 2. The highest BCUT2D eigenvalue weighted by Gasteiger charge is 2.21. The van der Waals surface area contributed by atoms with Crippen molar-refractivity contribution >= 4 is 32.7 Å². The summed E-state index contributed by atoms with van der Waals surface area (Å²) >= 11 is 0. The summed E-state index contributed by atoms with van der Waals surface area (Å²) in [7, 11) is 1.96. The standard InChI is InChI=1S/C22H17N2O/c1-14-9-10-17-18-12-15-6-3-4-7-16(15)13-20(18)25-22(17)21(14)19-8-5-11-23-24(19)2/h3-13H,1-2H3/q+1. The van der Waals surface area contributed by atoms with Gasteiger partial charge < -0.3 is 4.42 Å². The fraction of sp³-hybridized carbons (Fsp3) is 0.0909. The fourth-order valence-electron chi connectivity index (χ4n) is 3.63. The van der Waals surface area contributed by atoms with Gasteiger partial charge in [-0.25, -0.2) is 0 Å². The van der Waals surface area contributed by atoms with Crippen LogP contribution in [0, 0.1) is 6.92 Å². The Balaban J connectivity index is 1.94. The minimum Gasteiger partial charge on any atom is -0.455 e. The molecule has 0 bridgehead atoms. The van der Waals surface area contributed by atoms with Crippen LogP contribution in [0.2, 0.25) is 0 Å². The van der Waals surface area contributed by atoms with Crippen LogP contribution in [-0.4, -0.2) is 5.10 Å². The molecule has 0 saturated carbocycles. The lowest BCUT2D eigenvalue weighted by molar-refractivity contribution is -0.720. The SMILES string of the molecule is Cc1ccc2c(oc3cc4ccccc4cc32)c1-c1cccn[n+]1C. The quantitative estimate of drug-likeness (QED) is 0.409. The number of aromatic nitrogens is 2. The Kier molecular flexibility index (Phi) is 2.92. The summed E-state index contributed by atoms with van der Waals surface area (Å²) in [5.74, 6) is 0. The highest BCUT2D eigenvalue weighted by atomic mass is 16.3. The molecule has 0 amide bonds. The molecule has 5 aromatic rings. The van der Waals surface area contributed by atoms with E-state index in [0.29, 0.717) is 0 Å². The second-order valence-corrected chi connectivity index (χ2v) is 6.46. The zero-order valence-corrected chi connectivity index (χ0v) is 14.2. The second-order valence-electron chi connectivity index (χ2n) is 6.46. The molecule has 0 atom stereocenters. The molecule has 0 aliphatic rings. The van der Waals surface area contributed by atoms with E-state index >= 15 is 0 Å². The van der Waals surface area contributed by atoms with Crippen LogP contribution in [0.15, 0.2) is 71.3 Å². The lowest BCUT2D eigenvalue weighted by atomic mass is 10.00. The van der Waals surface area contributed by atoms with Crippen molar-refractivity contribution in [1.29, 1.82) is 0 Å². The van der Waals surface area contributed by atoms with Gasteiger partial charge in [0.15, 0.2) is 7.05 Å². The Bertz CT molecular complexity index is 1270. The van der Waals surface area contributed by atoms with E-state index in [1.165, 1.54) is 16.3 Å². The van der Waals surface area contributed by atoms with Crippen molar-refractivity contribution < 1.29 is 9.10 Å². The zero-order chi connectivity index (χ0) is 17.0. The molecular formula is C22H17N2O+. The second kappa shape index (κ2) is 5.15.